The first-order chi connectivity index (χ1) is 5.31. The van der Waals surface area contributed by atoms with E-state index in [1.807, 2.05) is 0 Å². The van der Waals surface area contributed by atoms with Crippen LogP contribution in [0.2, 0.25) is 0 Å². The third-order valence-electron chi connectivity index (χ3n) is 3.20. The van der Waals surface area contributed by atoms with Gasteiger partial charge in [0.05, 0.1) is 0 Å². The summed E-state index contributed by atoms with van der Waals surface area (Å²) in [7, 11) is 0. The first-order valence-corrected chi connectivity index (χ1v) is 4.45. The number of carbonyl (C=O) groups is 1. The molecule has 0 heterocycles. The van der Waals surface area contributed by atoms with Crippen molar-refractivity contribution in [3.05, 3.63) is 11.6 Å². The molecule has 2 bridgehead atoms. The number of fused-ring (bicyclic) bond motifs is 2. The van der Waals surface area contributed by atoms with Gasteiger partial charge in [0.15, 0.2) is 0 Å². The van der Waals surface area contributed by atoms with Gasteiger partial charge in [-0.1, -0.05) is 11.6 Å². The van der Waals surface area contributed by atoms with Crippen molar-refractivity contribution in [1.29, 1.82) is 0 Å². The van der Waals surface area contributed by atoms with Gasteiger partial charge in [0, 0.05) is 5.92 Å². The van der Waals surface area contributed by atoms with Crippen LogP contribution in [0, 0.1) is 17.8 Å². The molecule has 1 fully saturated rings. The lowest BCUT2D eigenvalue weighted by Crippen LogP contribution is -2.20. The Kier molecular flexibility index (Phi) is 1.59. The largest absolute Gasteiger partial charge is 0.303 e. The smallest absolute Gasteiger partial charge is 0.123 e. The summed E-state index contributed by atoms with van der Waals surface area (Å²) in [5, 5.41) is 0. The molecule has 2 rings (SSSR count). The number of hydrogen-bond acceptors (Lipinski definition) is 1. The lowest BCUT2D eigenvalue weighted by Gasteiger charge is -2.25. The van der Waals surface area contributed by atoms with Crippen LogP contribution in [0.3, 0.4) is 0 Å². The molecule has 1 heteroatoms. The molecule has 0 aromatic rings. The summed E-state index contributed by atoms with van der Waals surface area (Å²) in [6.45, 7) is 2.17. The van der Waals surface area contributed by atoms with Crippen LogP contribution < -0.4 is 0 Å². The van der Waals surface area contributed by atoms with Crippen LogP contribution in [0.4, 0.5) is 0 Å². The first-order valence-electron chi connectivity index (χ1n) is 4.45. The number of carbonyl (C=O) groups excluding carboxylic acids is 1. The molecule has 0 amide bonds. The molecule has 60 valence electrons. The summed E-state index contributed by atoms with van der Waals surface area (Å²) in [5.74, 6) is 1.74. The summed E-state index contributed by atoms with van der Waals surface area (Å²) >= 11 is 0. The third-order valence-corrected chi connectivity index (χ3v) is 3.20. The van der Waals surface area contributed by atoms with E-state index in [2.05, 4.69) is 13.0 Å². The van der Waals surface area contributed by atoms with E-state index in [9.17, 15) is 4.79 Å². The number of allylic oxidation sites excluding steroid dienone is 2. The predicted octanol–water partition coefficient (Wildman–Crippen LogP) is 2.18. The van der Waals surface area contributed by atoms with Gasteiger partial charge in [0.1, 0.15) is 6.29 Å². The Balaban J connectivity index is 2.20. The van der Waals surface area contributed by atoms with Gasteiger partial charge in [-0.05, 0) is 38.0 Å². The molecular formula is C10H14O. The summed E-state index contributed by atoms with van der Waals surface area (Å²) < 4.78 is 0. The van der Waals surface area contributed by atoms with Crippen LogP contribution in [0.1, 0.15) is 26.2 Å². The van der Waals surface area contributed by atoms with E-state index in [4.69, 9.17) is 0 Å². The molecule has 0 aliphatic heterocycles. The van der Waals surface area contributed by atoms with Gasteiger partial charge in [0.25, 0.3) is 0 Å². The second-order valence-electron chi connectivity index (χ2n) is 3.89. The molecule has 1 saturated carbocycles. The van der Waals surface area contributed by atoms with E-state index < -0.39 is 0 Å². The predicted molar refractivity (Wildman–Crippen MR) is 44.1 cm³/mol. The fourth-order valence-corrected chi connectivity index (χ4v) is 2.56. The SMILES string of the molecule is CC1=C[C@@H]2CC[C@H](C=O)[C@@H]1C2. The van der Waals surface area contributed by atoms with Gasteiger partial charge in [-0.3, -0.25) is 0 Å². The highest BCUT2D eigenvalue weighted by Gasteiger charge is 2.34. The normalized spacial score (nSPS) is 41.9. The maximum Gasteiger partial charge on any atom is 0.123 e. The minimum absolute atomic E-state index is 0.338. The Bertz CT molecular complexity index is 205. The van der Waals surface area contributed by atoms with Crippen molar-refractivity contribution in [1.82, 2.24) is 0 Å². The van der Waals surface area contributed by atoms with Crippen molar-refractivity contribution in [2.45, 2.75) is 26.2 Å². The fourth-order valence-electron chi connectivity index (χ4n) is 2.56. The Morgan fingerprint density at radius 2 is 2.36 bits per heavy atom. The van der Waals surface area contributed by atoms with Gasteiger partial charge < -0.3 is 4.79 Å². The molecule has 3 atom stereocenters. The average molecular weight is 150 g/mol. The number of aldehydes is 1. The second-order valence-corrected chi connectivity index (χ2v) is 3.89. The Morgan fingerprint density at radius 3 is 3.09 bits per heavy atom. The van der Waals surface area contributed by atoms with E-state index in [1.165, 1.54) is 18.4 Å². The summed E-state index contributed by atoms with van der Waals surface area (Å²) in [6, 6.07) is 0. The molecule has 2 aliphatic carbocycles. The molecule has 2 aliphatic rings. The average Bonchev–Trinajstić information content (AvgIpc) is 2.30. The van der Waals surface area contributed by atoms with Crippen LogP contribution in [0.25, 0.3) is 0 Å². The van der Waals surface area contributed by atoms with Crippen molar-refractivity contribution < 1.29 is 4.79 Å². The number of rotatable bonds is 1. The zero-order chi connectivity index (χ0) is 7.84. The van der Waals surface area contributed by atoms with Crippen molar-refractivity contribution >= 4 is 6.29 Å². The Morgan fingerprint density at radius 1 is 1.55 bits per heavy atom. The van der Waals surface area contributed by atoms with Crippen molar-refractivity contribution in [2.75, 3.05) is 0 Å². The zero-order valence-corrected chi connectivity index (χ0v) is 6.92. The van der Waals surface area contributed by atoms with Crippen molar-refractivity contribution in [3.63, 3.8) is 0 Å². The fraction of sp³-hybridized carbons (Fsp3) is 0.700. The number of hydrogen-bond donors (Lipinski definition) is 0. The molecule has 0 N–H and O–H groups in total. The highest BCUT2D eigenvalue weighted by molar-refractivity contribution is 5.56. The van der Waals surface area contributed by atoms with Crippen molar-refractivity contribution in [3.8, 4) is 0 Å². The van der Waals surface area contributed by atoms with Crippen LogP contribution in [0.15, 0.2) is 11.6 Å². The van der Waals surface area contributed by atoms with E-state index in [0.717, 1.165) is 18.6 Å². The molecule has 0 aromatic carbocycles. The second kappa shape index (κ2) is 2.47. The van der Waals surface area contributed by atoms with Gasteiger partial charge in [0.2, 0.25) is 0 Å². The van der Waals surface area contributed by atoms with Gasteiger partial charge in [-0.25, -0.2) is 0 Å². The van der Waals surface area contributed by atoms with E-state index in [1.54, 1.807) is 0 Å². The molecule has 0 radical (unpaired) electrons. The van der Waals surface area contributed by atoms with Crippen LogP contribution >= 0.6 is 0 Å². The van der Waals surface area contributed by atoms with Crippen molar-refractivity contribution in [2.24, 2.45) is 17.8 Å². The molecule has 0 aromatic heterocycles. The maximum absolute atomic E-state index is 10.7. The molecule has 0 saturated heterocycles. The molecule has 1 nitrogen and oxygen atoms in total. The highest BCUT2D eigenvalue weighted by Crippen LogP contribution is 2.43. The van der Waals surface area contributed by atoms with Crippen LogP contribution in [-0.4, -0.2) is 6.29 Å². The topological polar surface area (TPSA) is 17.1 Å². The highest BCUT2D eigenvalue weighted by atomic mass is 16.1. The van der Waals surface area contributed by atoms with E-state index in [-0.39, 0.29) is 0 Å². The maximum atomic E-state index is 10.7. The molecular weight excluding hydrogens is 136 g/mol. The van der Waals surface area contributed by atoms with E-state index in [0.29, 0.717) is 11.8 Å². The molecule has 0 unspecified atom stereocenters. The zero-order valence-electron chi connectivity index (χ0n) is 6.92. The first kappa shape index (κ1) is 7.08. The Hall–Kier alpha value is -0.590. The van der Waals surface area contributed by atoms with Crippen LogP contribution in [0.5, 0.6) is 0 Å². The standard InChI is InChI=1S/C10H14O/c1-7-4-8-2-3-9(6-11)10(7)5-8/h4,6,8-10H,2-3,5H2,1H3/t8-,9+,10+/m0/s1. The quantitative estimate of drug-likeness (QED) is 0.413. The minimum atomic E-state index is 0.338. The van der Waals surface area contributed by atoms with E-state index >= 15 is 0 Å². The summed E-state index contributed by atoms with van der Waals surface area (Å²) in [6.07, 6.45) is 7.12. The van der Waals surface area contributed by atoms with Gasteiger partial charge >= 0.3 is 0 Å². The summed E-state index contributed by atoms with van der Waals surface area (Å²) in [5.41, 5.74) is 1.46. The Labute approximate surface area is 67.5 Å². The lowest BCUT2D eigenvalue weighted by atomic mass is 9.78. The van der Waals surface area contributed by atoms with Gasteiger partial charge in [-0.2, -0.15) is 0 Å². The monoisotopic (exact) mass is 150 g/mol. The molecule has 11 heavy (non-hydrogen) atoms. The lowest BCUT2D eigenvalue weighted by molar-refractivity contribution is -0.113. The van der Waals surface area contributed by atoms with Crippen LogP contribution in [-0.2, 0) is 4.79 Å². The molecule has 0 spiro atoms. The summed E-state index contributed by atoms with van der Waals surface area (Å²) in [4.78, 5) is 10.7. The minimum Gasteiger partial charge on any atom is -0.303 e. The van der Waals surface area contributed by atoms with Gasteiger partial charge in [-0.15, -0.1) is 0 Å². The third kappa shape index (κ3) is 1.03.